The number of nitrogens with zero attached hydrogens (tertiary/aromatic N) is 5. The van der Waals surface area contributed by atoms with Gasteiger partial charge in [-0.1, -0.05) is 19.1 Å². The van der Waals surface area contributed by atoms with Crippen molar-refractivity contribution in [2.24, 2.45) is 5.92 Å². The quantitative estimate of drug-likeness (QED) is 0.728. The average molecular weight is 426 g/mol. The van der Waals surface area contributed by atoms with Gasteiger partial charge in [-0.05, 0) is 37.0 Å². The van der Waals surface area contributed by atoms with Crippen LogP contribution in [-0.2, 0) is 11.3 Å². The molecule has 0 N–H and O–H groups in total. The second-order valence-corrected chi connectivity index (χ2v) is 8.40. The number of hydrogen-bond acceptors (Lipinski definition) is 6. The highest BCUT2D eigenvalue weighted by Gasteiger charge is 2.23. The van der Waals surface area contributed by atoms with Crippen LogP contribution in [0.3, 0.4) is 0 Å². The third-order valence-corrected chi connectivity index (χ3v) is 6.30. The monoisotopic (exact) mass is 425 g/mol. The van der Waals surface area contributed by atoms with Crippen molar-refractivity contribution < 1.29 is 9.53 Å². The molecule has 0 unspecified atom stereocenters. The van der Waals surface area contributed by atoms with E-state index >= 15 is 0 Å². The molecule has 0 aliphatic carbocycles. The van der Waals surface area contributed by atoms with Gasteiger partial charge in [0.05, 0.1) is 12.8 Å². The van der Waals surface area contributed by atoms with E-state index in [9.17, 15) is 9.59 Å². The van der Waals surface area contributed by atoms with E-state index in [0.717, 1.165) is 69.4 Å². The molecule has 0 bridgehead atoms. The maximum absolute atomic E-state index is 12.7. The molecule has 2 aliphatic rings. The second-order valence-electron chi connectivity index (χ2n) is 8.40. The second kappa shape index (κ2) is 9.41. The number of para-hydroxylation sites is 2. The van der Waals surface area contributed by atoms with Gasteiger partial charge in [-0.25, -0.2) is 4.68 Å². The number of hydrogen-bond donors (Lipinski definition) is 0. The SMILES string of the molecule is COc1ccccc1N1CCN(c2ccc(=O)n(CC(=O)N3CCC(C)CC3)n2)CC1. The van der Waals surface area contributed by atoms with Crippen molar-refractivity contribution >= 4 is 17.4 Å². The molecule has 8 nitrogen and oxygen atoms in total. The van der Waals surface area contributed by atoms with Crippen LogP contribution in [0.15, 0.2) is 41.2 Å². The lowest BCUT2D eigenvalue weighted by Gasteiger charge is -2.37. The molecule has 2 aliphatic heterocycles. The number of amides is 1. The molecule has 1 aromatic carbocycles. The van der Waals surface area contributed by atoms with Crippen molar-refractivity contribution in [3.05, 3.63) is 46.8 Å². The molecule has 8 heteroatoms. The predicted octanol–water partition coefficient (Wildman–Crippen LogP) is 1.84. The number of likely N-dealkylation sites (tertiary alicyclic amines) is 1. The Balaban J connectivity index is 1.41. The molecule has 2 saturated heterocycles. The largest absolute Gasteiger partial charge is 0.495 e. The van der Waals surface area contributed by atoms with Gasteiger partial charge < -0.3 is 19.4 Å². The van der Waals surface area contributed by atoms with Crippen molar-refractivity contribution in [1.29, 1.82) is 0 Å². The minimum Gasteiger partial charge on any atom is -0.495 e. The van der Waals surface area contributed by atoms with Gasteiger partial charge in [0.1, 0.15) is 18.1 Å². The van der Waals surface area contributed by atoms with Crippen LogP contribution < -0.4 is 20.1 Å². The van der Waals surface area contributed by atoms with Crippen LogP contribution in [0.4, 0.5) is 11.5 Å². The Morgan fingerprint density at radius 2 is 1.68 bits per heavy atom. The van der Waals surface area contributed by atoms with E-state index in [1.54, 1.807) is 13.2 Å². The number of piperazine rings is 1. The molecule has 0 saturated carbocycles. The van der Waals surface area contributed by atoms with Crippen LogP contribution in [0.5, 0.6) is 5.75 Å². The third kappa shape index (κ3) is 4.84. The van der Waals surface area contributed by atoms with Crippen LogP contribution >= 0.6 is 0 Å². The first kappa shape index (κ1) is 21.2. The molecule has 0 atom stereocenters. The van der Waals surface area contributed by atoms with E-state index in [2.05, 4.69) is 27.9 Å². The van der Waals surface area contributed by atoms with Crippen molar-refractivity contribution in [1.82, 2.24) is 14.7 Å². The summed E-state index contributed by atoms with van der Waals surface area (Å²) in [5, 5.41) is 4.52. The lowest BCUT2D eigenvalue weighted by atomic mass is 9.99. The van der Waals surface area contributed by atoms with Gasteiger partial charge >= 0.3 is 0 Å². The highest BCUT2D eigenvalue weighted by Crippen LogP contribution is 2.28. The Morgan fingerprint density at radius 3 is 2.39 bits per heavy atom. The smallest absolute Gasteiger partial charge is 0.267 e. The van der Waals surface area contributed by atoms with E-state index < -0.39 is 0 Å². The molecule has 0 spiro atoms. The van der Waals surface area contributed by atoms with Gasteiger partial charge in [-0.3, -0.25) is 9.59 Å². The number of benzene rings is 1. The lowest BCUT2D eigenvalue weighted by molar-refractivity contribution is -0.133. The van der Waals surface area contributed by atoms with Gasteiger partial charge in [0, 0.05) is 45.3 Å². The van der Waals surface area contributed by atoms with Crippen LogP contribution in [-0.4, -0.2) is 67.0 Å². The summed E-state index contributed by atoms with van der Waals surface area (Å²) in [6.07, 6.45) is 2.04. The summed E-state index contributed by atoms with van der Waals surface area (Å²) in [6, 6.07) is 11.3. The molecule has 31 heavy (non-hydrogen) atoms. The first-order chi connectivity index (χ1) is 15.0. The van der Waals surface area contributed by atoms with Crippen LogP contribution in [0, 0.1) is 5.92 Å². The minimum absolute atomic E-state index is 0.00222. The lowest BCUT2D eigenvalue weighted by Crippen LogP contribution is -2.47. The molecule has 2 aromatic rings. The first-order valence-corrected chi connectivity index (χ1v) is 11.0. The van der Waals surface area contributed by atoms with Crippen LogP contribution in [0.1, 0.15) is 19.8 Å². The Bertz CT molecular complexity index is 960. The Morgan fingerprint density at radius 1 is 1.00 bits per heavy atom. The number of ether oxygens (including phenoxy) is 1. The molecular formula is C23H31N5O3. The summed E-state index contributed by atoms with van der Waals surface area (Å²) < 4.78 is 6.80. The normalized spacial score (nSPS) is 17.7. The standard InChI is InChI=1S/C23H31N5O3/c1-18-9-11-27(12-10-18)23(30)17-28-22(29)8-7-21(24-28)26-15-13-25(14-16-26)19-5-3-4-6-20(19)31-2/h3-8,18H,9-17H2,1-2H3. The third-order valence-electron chi connectivity index (χ3n) is 6.30. The molecule has 3 heterocycles. The number of rotatable bonds is 5. The van der Waals surface area contributed by atoms with Crippen LogP contribution in [0.2, 0.25) is 0 Å². The zero-order chi connectivity index (χ0) is 21.8. The molecule has 1 aromatic heterocycles. The number of methoxy groups -OCH3 is 1. The van der Waals surface area contributed by atoms with E-state index in [1.807, 2.05) is 23.1 Å². The number of aromatic nitrogens is 2. The van der Waals surface area contributed by atoms with E-state index in [1.165, 1.54) is 10.7 Å². The summed E-state index contributed by atoms with van der Waals surface area (Å²) >= 11 is 0. The molecular weight excluding hydrogens is 394 g/mol. The maximum Gasteiger partial charge on any atom is 0.267 e. The molecule has 166 valence electrons. The van der Waals surface area contributed by atoms with Gasteiger partial charge in [-0.2, -0.15) is 5.10 Å². The number of anilines is 2. The van der Waals surface area contributed by atoms with E-state index in [-0.39, 0.29) is 18.0 Å². The first-order valence-electron chi connectivity index (χ1n) is 11.0. The summed E-state index contributed by atoms with van der Waals surface area (Å²) in [4.78, 5) is 31.3. The number of carbonyl (C=O) groups excluding carboxylic acids is 1. The molecule has 4 rings (SSSR count). The summed E-state index contributed by atoms with van der Waals surface area (Å²) in [5.41, 5.74) is 0.846. The predicted molar refractivity (Wildman–Crippen MR) is 121 cm³/mol. The summed E-state index contributed by atoms with van der Waals surface area (Å²) in [5.74, 6) is 2.23. The maximum atomic E-state index is 12.7. The fourth-order valence-electron chi connectivity index (χ4n) is 4.27. The van der Waals surface area contributed by atoms with Crippen molar-refractivity contribution in [2.75, 3.05) is 56.2 Å². The zero-order valence-corrected chi connectivity index (χ0v) is 18.4. The number of carbonyl (C=O) groups is 1. The molecule has 2 fully saturated rings. The Hall–Kier alpha value is -3.03. The summed E-state index contributed by atoms with van der Waals surface area (Å²) in [7, 11) is 1.69. The topological polar surface area (TPSA) is 70.9 Å². The zero-order valence-electron chi connectivity index (χ0n) is 18.4. The number of piperidine rings is 1. The molecule has 1 amide bonds. The van der Waals surface area contributed by atoms with Gasteiger partial charge in [0.25, 0.3) is 5.56 Å². The van der Waals surface area contributed by atoms with Gasteiger partial charge in [0.2, 0.25) is 5.91 Å². The van der Waals surface area contributed by atoms with Gasteiger partial charge in [0.15, 0.2) is 0 Å². The average Bonchev–Trinajstić information content (AvgIpc) is 2.81. The van der Waals surface area contributed by atoms with Crippen molar-refractivity contribution in [3.8, 4) is 5.75 Å². The summed E-state index contributed by atoms with van der Waals surface area (Å²) in [6.45, 7) is 6.95. The highest BCUT2D eigenvalue weighted by molar-refractivity contribution is 5.76. The Labute approximate surface area is 183 Å². The minimum atomic E-state index is -0.241. The van der Waals surface area contributed by atoms with Crippen molar-refractivity contribution in [2.45, 2.75) is 26.3 Å². The van der Waals surface area contributed by atoms with E-state index in [0.29, 0.717) is 5.92 Å². The fraction of sp³-hybridized carbons (Fsp3) is 0.522. The Kier molecular flexibility index (Phi) is 6.44. The van der Waals surface area contributed by atoms with Gasteiger partial charge in [-0.15, -0.1) is 0 Å². The van der Waals surface area contributed by atoms with Crippen molar-refractivity contribution in [3.63, 3.8) is 0 Å². The highest BCUT2D eigenvalue weighted by atomic mass is 16.5. The van der Waals surface area contributed by atoms with E-state index in [4.69, 9.17) is 4.74 Å². The van der Waals surface area contributed by atoms with Crippen LogP contribution in [0.25, 0.3) is 0 Å². The fourth-order valence-corrected chi connectivity index (χ4v) is 4.27. The molecule has 0 radical (unpaired) electrons.